The number of ether oxygens (including phenoxy) is 1. The minimum Gasteiger partial charge on any atom is -0.497 e. The van der Waals surface area contributed by atoms with Crippen molar-refractivity contribution in [3.63, 3.8) is 0 Å². The zero-order valence-corrected chi connectivity index (χ0v) is 20.2. The molecule has 0 atom stereocenters. The van der Waals surface area contributed by atoms with Crippen LogP contribution in [0.3, 0.4) is 0 Å². The quantitative estimate of drug-likeness (QED) is 0.272. The van der Waals surface area contributed by atoms with Crippen LogP contribution < -0.4 is 15.2 Å². The second-order valence-electron chi connectivity index (χ2n) is 8.34. The SMILES string of the molecule is COc1ccc(-c2cc(=O)n(-c3cccc(Cl)c3)c(N3CCCC3)c2N=Nc2ccccc2)cc1. The molecule has 1 fully saturated rings. The Kier molecular flexibility index (Phi) is 6.64. The molecule has 4 aromatic rings. The molecular weight excluding hydrogens is 460 g/mol. The van der Waals surface area contributed by atoms with Gasteiger partial charge >= 0.3 is 0 Å². The molecule has 0 N–H and O–H groups in total. The Morgan fingerprint density at radius 2 is 1.60 bits per heavy atom. The number of rotatable bonds is 6. The highest BCUT2D eigenvalue weighted by molar-refractivity contribution is 6.30. The zero-order valence-electron chi connectivity index (χ0n) is 19.4. The number of aromatic nitrogens is 1. The molecule has 176 valence electrons. The van der Waals surface area contributed by atoms with Gasteiger partial charge in [0, 0.05) is 29.7 Å². The van der Waals surface area contributed by atoms with Gasteiger partial charge in [-0.05, 0) is 60.9 Å². The van der Waals surface area contributed by atoms with E-state index in [-0.39, 0.29) is 5.56 Å². The van der Waals surface area contributed by atoms with Crippen LogP contribution in [0.4, 0.5) is 17.2 Å². The fraction of sp³-hybridized carbons (Fsp3) is 0.179. The fourth-order valence-electron chi connectivity index (χ4n) is 4.36. The van der Waals surface area contributed by atoms with Gasteiger partial charge in [0.2, 0.25) is 0 Å². The summed E-state index contributed by atoms with van der Waals surface area (Å²) >= 11 is 6.31. The van der Waals surface area contributed by atoms with E-state index in [1.54, 1.807) is 29.9 Å². The van der Waals surface area contributed by atoms with Gasteiger partial charge in [0.15, 0.2) is 0 Å². The van der Waals surface area contributed by atoms with Crippen molar-refractivity contribution in [3.8, 4) is 22.6 Å². The Morgan fingerprint density at radius 3 is 2.29 bits per heavy atom. The van der Waals surface area contributed by atoms with Crippen LogP contribution in [0.25, 0.3) is 16.8 Å². The molecule has 6 nitrogen and oxygen atoms in total. The Morgan fingerprint density at radius 1 is 0.857 bits per heavy atom. The Balaban J connectivity index is 1.80. The summed E-state index contributed by atoms with van der Waals surface area (Å²) < 4.78 is 7.03. The number of benzene rings is 3. The molecule has 0 aliphatic carbocycles. The van der Waals surface area contributed by atoms with Gasteiger partial charge in [-0.25, -0.2) is 0 Å². The molecule has 7 heteroatoms. The van der Waals surface area contributed by atoms with E-state index in [9.17, 15) is 4.79 Å². The molecule has 0 radical (unpaired) electrons. The maximum atomic E-state index is 13.6. The van der Waals surface area contributed by atoms with Crippen molar-refractivity contribution in [2.75, 3.05) is 25.1 Å². The van der Waals surface area contributed by atoms with Crippen LogP contribution in [0, 0.1) is 0 Å². The van der Waals surface area contributed by atoms with E-state index < -0.39 is 0 Å². The topological polar surface area (TPSA) is 59.2 Å². The standard InChI is InChI=1S/C28H25ClN4O2/c1-35-24-14-12-20(13-15-24)25-19-26(34)33(23-11-7-8-21(29)18-23)28(32-16-5-6-17-32)27(25)31-30-22-9-3-2-4-10-22/h2-4,7-15,18-19H,5-6,16-17H2,1H3. The monoisotopic (exact) mass is 484 g/mol. The molecule has 2 heterocycles. The van der Waals surface area contributed by atoms with Gasteiger partial charge in [0.25, 0.3) is 5.56 Å². The molecule has 35 heavy (non-hydrogen) atoms. The van der Waals surface area contributed by atoms with Gasteiger partial charge in [0.1, 0.15) is 17.3 Å². The summed E-state index contributed by atoms with van der Waals surface area (Å²) in [4.78, 5) is 15.9. The first kappa shape index (κ1) is 22.9. The van der Waals surface area contributed by atoms with Crippen molar-refractivity contribution in [1.82, 2.24) is 4.57 Å². The van der Waals surface area contributed by atoms with Gasteiger partial charge in [0.05, 0.1) is 18.5 Å². The smallest absolute Gasteiger partial charge is 0.257 e. The summed E-state index contributed by atoms with van der Waals surface area (Å²) in [5.74, 6) is 1.47. The lowest BCUT2D eigenvalue weighted by Gasteiger charge is -2.26. The molecule has 3 aromatic carbocycles. The second-order valence-corrected chi connectivity index (χ2v) is 8.78. The highest BCUT2D eigenvalue weighted by Crippen LogP contribution is 2.41. The minimum atomic E-state index is -0.154. The van der Waals surface area contributed by atoms with Crippen LogP contribution in [0.1, 0.15) is 12.8 Å². The van der Waals surface area contributed by atoms with Gasteiger partial charge < -0.3 is 9.64 Å². The molecule has 1 aliphatic heterocycles. The van der Waals surface area contributed by atoms with Crippen molar-refractivity contribution >= 4 is 28.8 Å². The molecule has 0 bridgehead atoms. The van der Waals surface area contributed by atoms with E-state index in [0.29, 0.717) is 16.4 Å². The zero-order chi connectivity index (χ0) is 24.2. The van der Waals surface area contributed by atoms with Crippen LogP contribution >= 0.6 is 11.6 Å². The first-order chi connectivity index (χ1) is 17.1. The average Bonchev–Trinajstić information content (AvgIpc) is 3.43. The number of hydrogen-bond acceptors (Lipinski definition) is 5. The molecule has 0 unspecified atom stereocenters. The molecule has 0 spiro atoms. The summed E-state index contributed by atoms with van der Waals surface area (Å²) in [5.41, 5.74) is 3.50. The maximum absolute atomic E-state index is 13.6. The van der Waals surface area contributed by atoms with E-state index in [1.165, 1.54) is 0 Å². The molecule has 1 aliphatic rings. The third-order valence-corrected chi connectivity index (χ3v) is 6.30. The van der Waals surface area contributed by atoms with Crippen LogP contribution in [0.15, 0.2) is 100.0 Å². The number of halogens is 1. The normalized spacial score (nSPS) is 13.5. The van der Waals surface area contributed by atoms with Crippen molar-refractivity contribution in [1.29, 1.82) is 0 Å². The van der Waals surface area contributed by atoms with Crippen LogP contribution in [0.2, 0.25) is 5.02 Å². The number of nitrogens with zero attached hydrogens (tertiary/aromatic N) is 4. The van der Waals surface area contributed by atoms with E-state index in [1.807, 2.05) is 66.7 Å². The molecule has 0 amide bonds. The van der Waals surface area contributed by atoms with E-state index in [2.05, 4.69) is 10.0 Å². The molecule has 5 rings (SSSR count). The van der Waals surface area contributed by atoms with E-state index in [4.69, 9.17) is 21.5 Å². The van der Waals surface area contributed by atoms with Crippen LogP contribution in [-0.4, -0.2) is 24.8 Å². The van der Waals surface area contributed by atoms with Crippen LogP contribution in [-0.2, 0) is 0 Å². The van der Waals surface area contributed by atoms with Gasteiger partial charge in [-0.2, -0.15) is 5.11 Å². The number of methoxy groups -OCH3 is 1. The van der Waals surface area contributed by atoms with Crippen molar-refractivity contribution in [2.45, 2.75) is 12.8 Å². The van der Waals surface area contributed by atoms with E-state index >= 15 is 0 Å². The number of hydrogen-bond donors (Lipinski definition) is 0. The average molecular weight is 485 g/mol. The first-order valence-electron chi connectivity index (χ1n) is 11.6. The highest BCUT2D eigenvalue weighted by atomic mass is 35.5. The Labute approximate surface area is 209 Å². The van der Waals surface area contributed by atoms with Gasteiger partial charge in [-0.15, -0.1) is 5.11 Å². The summed E-state index contributed by atoms with van der Waals surface area (Å²) in [6.45, 7) is 1.67. The number of anilines is 1. The molecule has 1 saturated heterocycles. The molecule has 1 aromatic heterocycles. The third-order valence-electron chi connectivity index (χ3n) is 6.06. The number of azo groups is 1. The third kappa shape index (κ3) is 4.84. The van der Waals surface area contributed by atoms with Crippen LogP contribution in [0.5, 0.6) is 5.75 Å². The Bertz CT molecular complexity index is 1410. The lowest BCUT2D eigenvalue weighted by atomic mass is 10.0. The molecular formula is C28H25ClN4O2. The summed E-state index contributed by atoms with van der Waals surface area (Å²) in [7, 11) is 1.63. The fourth-order valence-corrected chi connectivity index (χ4v) is 4.55. The predicted octanol–water partition coefficient (Wildman–Crippen LogP) is 7.18. The van der Waals surface area contributed by atoms with Gasteiger partial charge in [-0.3, -0.25) is 9.36 Å². The lowest BCUT2D eigenvalue weighted by molar-refractivity contribution is 0.415. The highest BCUT2D eigenvalue weighted by Gasteiger charge is 2.25. The predicted molar refractivity (Wildman–Crippen MR) is 141 cm³/mol. The summed E-state index contributed by atoms with van der Waals surface area (Å²) in [6, 6.07) is 26.2. The summed E-state index contributed by atoms with van der Waals surface area (Å²) in [5, 5.41) is 9.86. The Hall–Kier alpha value is -3.90. The first-order valence-corrected chi connectivity index (χ1v) is 11.9. The maximum Gasteiger partial charge on any atom is 0.257 e. The van der Waals surface area contributed by atoms with Crippen molar-refractivity contribution in [2.24, 2.45) is 10.2 Å². The van der Waals surface area contributed by atoms with Gasteiger partial charge in [-0.1, -0.05) is 48.0 Å². The summed E-state index contributed by atoms with van der Waals surface area (Å²) in [6.07, 6.45) is 2.09. The largest absolute Gasteiger partial charge is 0.497 e. The van der Waals surface area contributed by atoms with Crippen molar-refractivity contribution in [3.05, 3.63) is 100 Å². The number of pyridine rings is 1. The lowest BCUT2D eigenvalue weighted by Crippen LogP contribution is -2.29. The molecule has 0 saturated carbocycles. The van der Waals surface area contributed by atoms with Crippen molar-refractivity contribution < 1.29 is 4.74 Å². The minimum absolute atomic E-state index is 0.154. The second kappa shape index (κ2) is 10.2. The van der Waals surface area contributed by atoms with E-state index in [0.717, 1.165) is 54.3 Å².